The number of aryl methyl sites for hydroxylation is 1. The zero-order valence-electron chi connectivity index (χ0n) is 17.1. The van der Waals surface area contributed by atoms with Gasteiger partial charge in [0.25, 0.3) is 5.91 Å². The van der Waals surface area contributed by atoms with Gasteiger partial charge in [-0.05, 0) is 46.5 Å². The molecule has 1 heterocycles. The van der Waals surface area contributed by atoms with Crippen molar-refractivity contribution in [3.05, 3.63) is 74.5 Å². The van der Waals surface area contributed by atoms with E-state index in [0.717, 1.165) is 21.8 Å². The number of nitrogens with zero attached hydrogens (tertiary/aromatic N) is 1. The average Bonchev–Trinajstić information content (AvgIpc) is 3.17. The van der Waals surface area contributed by atoms with Gasteiger partial charge in [-0.3, -0.25) is 9.59 Å². The zero-order chi connectivity index (χ0) is 21.7. The number of amides is 2. The molecule has 0 bridgehead atoms. The molecule has 1 atom stereocenters. The lowest BCUT2D eigenvalue weighted by molar-refractivity contribution is -0.124. The summed E-state index contributed by atoms with van der Waals surface area (Å²) >= 11 is 5.00. The van der Waals surface area contributed by atoms with Crippen LogP contribution in [-0.2, 0) is 11.3 Å². The van der Waals surface area contributed by atoms with E-state index in [2.05, 4.69) is 31.5 Å². The lowest BCUT2D eigenvalue weighted by atomic mass is 10.0. The molecule has 0 fully saturated rings. The van der Waals surface area contributed by atoms with E-state index in [-0.39, 0.29) is 17.7 Å². The third-order valence-corrected chi connectivity index (χ3v) is 6.15. The Kier molecular flexibility index (Phi) is 7.39. The maximum absolute atomic E-state index is 12.8. The van der Waals surface area contributed by atoms with Crippen LogP contribution in [0.1, 0.15) is 34.8 Å². The molecule has 0 radical (unpaired) electrons. The minimum atomic E-state index is -0.623. The van der Waals surface area contributed by atoms with Crippen molar-refractivity contribution in [2.45, 2.75) is 33.4 Å². The van der Waals surface area contributed by atoms with Gasteiger partial charge in [-0.2, -0.15) is 0 Å². The second-order valence-electron chi connectivity index (χ2n) is 7.34. The molecular formula is C23H24BrN3O2S. The number of hydrogen-bond donors (Lipinski definition) is 2. The van der Waals surface area contributed by atoms with Gasteiger partial charge in [0, 0.05) is 22.0 Å². The molecule has 0 spiro atoms. The number of nitrogens with one attached hydrogen (secondary N) is 2. The van der Waals surface area contributed by atoms with Crippen molar-refractivity contribution in [2.24, 2.45) is 5.92 Å². The summed E-state index contributed by atoms with van der Waals surface area (Å²) in [5, 5.41) is 8.86. The van der Waals surface area contributed by atoms with E-state index in [1.807, 2.05) is 56.5 Å². The monoisotopic (exact) mass is 485 g/mol. The van der Waals surface area contributed by atoms with Crippen molar-refractivity contribution in [3.63, 3.8) is 0 Å². The number of benzene rings is 2. The number of carbonyl (C=O) groups is 2. The quantitative estimate of drug-likeness (QED) is 0.497. The van der Waals surface area contributed by atoms with Gasteiger partial charge in [0.2, 0.25) is 5.91 Å². The van der Waals surface area contributed by atoms with Crippen molar-refractivity contribution in [2.75, 3.05) is 0 Å². The van der Waals surface area contributed by atoms with Crippen LogP contribution in [0.15, 0.2) is 58.4 Å². The van der Waals surface area contributed by atoms with E-state index in [4.69, 9.17) is 0 Å². The van der Waals surface area contributed by atoms with E-state index in [0.29, 0.717) is 16.6 Å². The highest BCUT2D eigenvalue weighted by Gasteiger charge is 2.25. The SMILES string of the molecule is Cc1nc(-c2ccc(CNC(=O)[C@@H](NC(=O)c3ccccc3Br)C(C)C)cc2)cs1. The zero-order valence-corrected chi connectivity index (χ0v) is 19.5. The normalized spacial score (nSPS) is 11.9. The molecule has 30 heavy (non-hydrogen) atoms. The lowest BCUT2D eigenvalue weighted by Crippen LogP contribution is -2.49. The van der Waals surface area contributed by atoms with Crippen molar-refractivity contribution in [1.82, 2.24) is 15.6 Å². The first kappa shape index (κ1) is 22.2. The molecule has 2 N–H and O–H groups in total. The first-order chi connectivity index (χ1) is 14.3. The molecular weight excluding hydrogens is 462 g/mol. The van der Waals surface area contributed by atoms with Gasteiger partial charge in [-0.1, -0.05) is 50.2 Å². The highest BCUT2D eigenvalue weighted by molar-refractivity contribution is 9.10. The van der Waals surface area contributed by atoms with Crippen molar-refractivity contribution >= 4 is 39.1 Å². The molecule has 156 valence electrons. The number of rotatable bonds is 7. The summed E-state index contributed by atoms with van der Waals surface area (Å²) < 4.78 is 0.695. The summed E-state index contributed by atoms with van der Waals surface area (Å²) in [6.45, 7) is 6.20. The van der Waals surface area contributed by atoms with Gasteiger partial charge in [-0.25, -0.2) is 4.98 Å². The Morgan fingerprint density at radius 3 is 2.40 bits per heavy atom. The number of thiazole rings is 1. The van der Waals surface area contributed by atoms with Crippen LogP contribution < -0.4 is 10.6 Å². The molecule has 0 saturated heterocycles. The van der Waals surface area contributed by atoms with Crippen LogP contribution in [0.2, 0.25) is 0 Å². The Bertz CT molecular complexity index is 1030. The minimum absolute atomic E-state index is 0.0493. The van der Waals surface area contributed by atoms with E-state index in [1.54, 1.807) is 29.5 Å². The topological polar surface area (TPSA) is 71.1 Å². The molecule has 3 rings (SSSR count). The summed E-state index contributed by atoms with van der Waals surface area (Å²) in [4.78, 5) is 29.9. The molecule has 1 aromatic heterocycles. The molecule has 2 aromatic carbocycles. The summed E-state index contributed by atoms with van der Waals surface area (Å²) in [6, 6.07) is 14.5. The Balaban J connectivity index is 1.61. The van der Waals surface area contributed by atoms with Gasteiger partial charge in [0.1, 0.15) is 6.04 Å². The first-order valence-electron chi connectivity index (χ1n) is 9.69. The van der Waals surface area contributed by atoms with Crippen molar-refractivity contribution < 1.29 is 9.59 Å². The maximum atomic E-state index is 12.8. The fraction of sp³-hybridized carbons (Fsp3) is 0.261. The predicted molar refractivity (Wildman–Crippen MR) is 124 cm³/mol. The Morgan fingerprint density at radius 2 is 1.80 bits per heavy atom. The van der Waals surface area contributed by atoms with Crippen LogP contribution in [0.3, 0.4) is 0 Å². The number of halogens is 1. The van der Waals surface area contributed by atoms with Crippen molar-refractivity contribution in [1.29, 1.82) is 0 Å². The first-order valence-corrected chi connectivity index (χ1v) is 11.4. The molecule has 2 amide bonds. The smallest absolute Gasteiger partial charge is 0.253 e. The molecule has 0 aliphatic heterocycles. The van der Waals surface area contributed by atoms with E-state index >= 15 is 0 Å². The van der Waals surface area contributed by atoms with Gasteiger partial charge in [0.05, 0.1) is 16.3 Å². The number of aromatic nitrogens is 1. The van der Waals surface area contributed by atoms with E-state index in [1.165, 1.54) is 0 Å². The fourth-order valence-electron chi connectivity index (χ4n) is 2.99. The summed E-state index contributed by atoms with van der Waals surface area (Å²) in [7, 11) is 0. The van der Waals surface area contributed by atoms with Crippen molar-refractivity contribution in [3.8, 4) is 11.3 Å². The average molecular weight is 486 g/mol. The number of hydrogen-bond acceptors (Lipinski definition) is 4. The van der Waals surface area contributed by atoms with Crippen LogP contribution in [0.5, 0.6) is 0 Å². The molecule has 0 saturated carbocycles. The van der Waals surface area contributed by atoms with Crippen LogP contribution in [0, 0.1) is 12.8 Å². The second kappa shape index (κ2) is 10.00. The minimum Gasteiger partial charge on any atom is -0.350 e. The van der Waals surface area contributed by atoms with Gasteiger partial charge in [-0.15, -0.1) is 11.3 Å². The lowest BCUT2D eigenvalue weighted by Gasteiger charge is -2.22. The fourth-order valence-corrected chi connectivity index (χ4v) is 4.07. The summed E-state index contributed by atoms with van der Waals surface area (Å²) in [5.74, 6) is -0.532. The standard InChI is InChI=1S/C23H24BrN3O2S/c1-14(2)21(27-22(28)18-6-4-5-7-19(18)24)23(29)25-12-16-8-10-17(11-9-16)20-13-30-15(3)26-20/h4-11,13-14,21H,12H2,1-3H3,(H,25,29)(H,27,28)/t21-/m0/s1. The van der Waals surface area contributed by atoms with E-state index < -0.39 is 6.04 Å². The molecule has 0 aliphatic rings. The third kappa shape index (κ3) is 5.55. The molecule has 0 unspecified atom stereocenters. The maximum Gasteiger partial charge on any atom is 0.253 e. The van der Waals surface area contributed by atoms with Gasteiger partial charge >= 0.3 is 0 Å². The Labute approximate surface area is 189 Å². The van der Waals surface area contributed by atoms with Crippen LogP contribution in [0.4, 0.5) is 0 Å². The molecule has 5 nitrogen and oxygen atoms in total. The highest BCUT2D eigenvalue weighted by atomic mass is 79.9. The molecule has 0 aliphatic carbocycles. The van der Waals surface area contributed by atoms with E-state index in [9.17, 15) is 9.59 Å². The predicted octanol–water partition coefficient (Wildman–Crippen LogP) is 4.95. The molecule has 3 aromatic rings. The second-order valence-corrected chi connectivity index (χ2v) is 9.26. The van der Waals surface area contributed by atoms with Crippen LogP contribution in [-0.4, -0.2) is 22.8 Å². The van der Waals surface area contributed by atoms with Crippen LogP contribution in [0.25, 0.3) is 11.3 Å². The summed E-state index contributed by atoms with van der Waals surface area (Å²) in [6.07, 6.45) is 0. The van der Waals surface area contributed by atoms with Crippen LogP contribution >= 0.6 is 27.3 Å². The van der Waals surface area contributed by atoms with Gasteiger partial charge in [0.15, 0.2) is 0 Å². The molecule has 7 heteroatoms. The largest absolute Gasteiger partial charge is 0.350 e. The highest BCUT2D eigenvalue weighted by Crippen LogP contribution is 2.22. The summed E-state index contributed by atoms with van der Waals surface area (Å²) in [5.41, 5.74) is 3.50. The Hall–Kier alpha value is -2.51. The van der Waals surface area contributed by atoms with Gasteiger partial charge < -0.3 is 10.6 Å². The Morgan fingerprint density at radius 1 is 1.10 bits per heavy atom. The third-order valence-electron chi connectivity index (χ3n) is 4.69. The number of carbonyl (C=O) groups excluding carboxylic acids is 2.